The molecule has 0 aromatic heterocycles. The molecule has 1 aliphatic heterocycles. The second-order valence-corrected chi connectivity index (χ2v) is 3.65. The lowest BCUT2D eigenvalue weighted by atomic mass is 9.87. The maximum Gasteiger partial charge on any atom is 0.267 e. The van der Waals surface area contributed by atoms with Crippen LogP contribution in [0.1, 0.15) is 25.7 Å². The second-order valence-electron chi connectivity index (χ2n) is 3.01. The minimum Gasteiger partial charge on any atom is -0.271 e. The summed E-state index contributed by atoms with van der Waals surface area (Å²) in [5.74, 6) is -0.145. The molecular weight excluding hydrogens is 164 g/mol. The van der Waals surface area contributed by atoms with E-state index in [1.807, 2.05) is 0 Å². The molecule has 0 saturated heterocycles. The Labute approximate surface area is 69.8 Å². The predicted molar refractivity (Wildman–Crippen MR) is 42.6 cm³/mol. The number of alkyl halides is 1. The normalized spacial score (nSPS) is 36.1. The number of amides is 1. The molecule has 0 spiro atoms. The van der Waals surface area contributed by atoms with Gasteiger partial charge in [-0.15, -0.1) is 11.6 Å². The maximum atomic E-state index is 11.2. The minimum absolute atomic E-state index is 0.145. The van der Waals surface area contributed by atoms with Gasteiger partial charge in [-0.2, -0.15) is 5.10 Å². The first-order valence-electron chi connectivity index (χ1n) is 3.80. The third kappa shape index (κ3) is 0.872. The van der Waals surface area contributed by atoms with Crippen molar-refractivity contribution in [3.63, 3.8) is 0 Å². The van der Waals surface area contributed by atoms with Gasteiger partial charge in [0.15, 0.2) is 4.87 Å². The Balaban J connectivity index is 2.32. The number of rotatable bonds is 0. The Kier molecular flexibility index (Phi) is 1.42. The van der Waals surface area contributed by atoms with E-state index in [0.717, 1.165) is 31.4 Å². The van der Waals surface area contributed by atoms with E-state index in [-0.39, 0.29) is 5.91 Å². The Morgan fingerprint density at radius 3 is 3.09 bits per heavy atom. The number of hydrogen-bond donors (Lipinski definition) is 1. The summed E-state index contributed by atoms with van der Waals surface area (Å²) in [6.07, 6.45) is 3.72. The van der Waals surface area contributed by atoms with E-state index in [0.29, 0.717) is 0 Å². The molecule has 1 fully saturated rings. The zero-order valence-corrected chi connectivity index (χ0v) is 6.82. The van der Waals surface area contributed by atoms with Gasteiger partial charge < -0.3 is 0 Å². The van der Waals surface area contributed by atoms with Crippen molar-refractivity contribution in [2.24, 2.45) is 5.10 Å². The van der Waals surface area contributed by atoms with Gasteiger partial charge in [0.1, 0.15) is 0 Å². The summed E-state index contributed by atoms with van der Waals surface area (Å²) in [4.78, 5) is 10.4. The van der Waals surface area contributed by atoms with E-state index in [4.69, 9.17) is 11.6 Å². The first kappa shape index (κ1) is 7.10. The molecule has 0 aromatic carbocycles. The van der Waals surface area contributed by atoms with Crippen LogP contribution in [0.4, 0.5) is 0 Å². The van der Waals surface area contributed by atoms with Gasteiger partial charge in [-0.1, -0.05) is 6.42 Å². The number of carbonyl (C=O) groups excluding carboxylic acids is 1. The molecule has 1 N–H and O–H groups in total. The molecule has 3 nitrogen and oxygen atoms in total. The molecule has 11 heavy (non-hydrogen) atoms. The summed E-state index contributed by atoms with van der Waals surface area (Å²) in [7, 11) is 0. The number of nitrogens with zero attached hydrogens (tertiary/aromatic N) is 1. The van der Waals surface area contributed by atoms with Crippen LogP contribution in [0.2, 0.25) is 0 Å². The van der Waals surface area contributed by atoms with Gasteiger partial charge in [0.25, 0.3) is 5.91 Å². The molecule has 0 radical (unpaired) electrons. The first-order chi connectivity index (χ1) is 5.23. The van der Waals surface area contributed by atoms with Gasteiger partial charge >= 0.3 is 0 Å². The molecule has 4 heteroatoms. The summed E-state index contributed by atoms with van der Waals surface area (Å²) in [6.45, 7) is 0. The molecule has 1 saturated carbocycles. The summed E-state index contributed by atoms with van der Waals surface area (Å²) in [5.41, 5.74) is 3.25. The monoisotopic (exact) mass is 172 g/mol. The molecule has 1 atom stereocenters. The van der Waals surface area contributed by atoms with E-state index < -0.39 is 4.87 Å². The van der Waals surface area contributed by atoms with Crippen LogP contribution in [-0.4, -0.2) is 16.5 Å². The fourth-order valence-corrected chi connectivity index (χ4v) is 1.91. The molecule has 1 amide bonds. The fraction of sp³-hybridized carbons (Fsp3) is 0.714. The van der Waals surface area contributed by atoms with E-state index in [2.05, 4.69) is 10.5 Å². The Hall–Kier alpha value is -0.570. The molecule has 0 unspecified atom stereocenters. The van der Waals surface area contributed by atoms with Crippen molar-refractivity contribution in [3.05, 3.63) is 0 Å². The number of fused-ring (bicyclic) bond motifs is 1. The number of halogens is 1. The van der Waals surface area contributed by atoms with Crippen molar-refractivity contribution in [1.82, 2.24) is 5.43 Å². The molecular formula is C7H9ClN2O. The van der Waals surface area contributed by atoms with Crippen LogP contribution in [0.5, 0.6) is 0 Å². The standard InChI is InChI=1S/C7H9ClN2O/c8-7-4-2-1-3-5(7)9-10-6(7)11/h1-4H2,(H,10,11)/t7-/m0/s1. The van der Waals surface area contributed by atoms with Crippen molar-refractivity contribution in [3.8, 4) is 0 Å². The summed E-state index contributed by atoms with van der Waals surface area (Å²) < 4.78 is 0. The molecule has 2 aliphatic rings. The SMILES string of the molecule is O=C1NN=C2CCCC[C@@]12Cl. The van der Waals surface area contributed by atoms with Crippen LogP contribution in [0.25, 0.3) is 0 Å². The van der Waals surface area contributed by atoms with E-state index in [1.165, 1.54) is 0 Å². The fourth-order valence-electron chi connectivity index (χ4n) is 1.60. The van der Waals surface area contributed by atoms with Gasteiger partial charge in [-0.3, -0.25) is 4.79 Å². The van der Waals surface area contributed by atoms with Crippen LogP contribution in [0, 0.1) is 0 Å². The average molecular weight is 173 g/mol. The van der Waals surface area contributed by atoms with Crippen molar-refractivity contribution in [2.45, 2.75) is 30.6 Å². The Morgan fingerprint density at radius 1 is 1.55 bits per heavy atom. The molecule has 1 heterocycles. The number of hydrazone groups is 1. The maximum absolute atomic E-state index is 11.2. The smallest absolute Gasteiger partial charge is 0.267 e. The van der Waals surface area contributed by atoms with E-state index >= 15 is 0 Å². The quantitative estimate of drug-likeness (QED) is 0.545. The van der Waals surface area contributed by atoms with Crippen LogP contribution in [0.15, 0.2) is 5.10 Å². The van der Waals surface area contributed by atoms with E-state index in [1.54, 1.807) is 0 Å². The number of hydrogen-bond acceptors (Lipinski definition) is 2. The lowest BCUT2D eigenvalue weighted by Gasteiger charge is -2.24. The molecule has 2 rings (SSSR count). The number of carbonyl (C=O) groups is 1. The zero-order valence-electron chi connectivity index (χ0n) is 6.06. The van der Waals surface area contributed by atoms with Gasteiger partial charge in [-0.25, -0.2) is 5.43 Å². The predicted octanol–water partition coefficient (Wildman–Crippen LogP) is 1.02. The van der Waals surface area contributed by atoms with Crippen molar-refractivity contribution in [2.75, 3.05) is 0 Å². The van der Waals surface area contributed by atoms with Gasteiger partial charge in [-0.05, 0) is 19.3 Å². The van der Waals surface area contributed by atoms with E-state index in [9.17, 15) is 4.79 Å². The Bertz CT molecular complexity index is 239. The highest BCUT2D eigenvalue weighted by molar-refractivity contribution is 6.48. The van der Waals surface area contributed by atoms with Gasteiger partial charge in [0.05, 0.1) is 5.71 Å². The topological polar surface area (TPSA) is 41.5 Å². The summed E-state index contributed by atoms with van der Waals surface area (Å²) in [6, 6.07) is 0. The lowest BCUT2D eigenvalue weighted by Crippen LogP contribution is -2.41. The van der Waals surface area contributed by atoms with Gasteiger partial charge in [0, 0.05) is 0 Å². The molecule has 60 valence electrons. The van der Waals surface area contributed by atoms with Crippen molar-refractivity contribution < 1.29 is 4.79 Å². The van der Waals surface area contributed by atoms with Crippen molar-refractivity contribution in [1.29, 1.82) is 0 Å². The molecule has 1 aliphatic carbocycles. The highest BCUT2D eigenvalue weighted by Crippen LogP contribution is 2.34. The summed E-state index contributed by atoms with van der Waals surface area (Å²) in [5, 5.41) is 3.90. The largest absolute Gasteiger partial charge is 0.271 e. The highest BCUT2D eigenvalue weighted by atomic mass is 35.5. The van der Waals surface area contributed by atoms with Crippen LogP contribution in [0.3, 0.4) is 0 Å². The first-order valence-corrected chi connectivity index (χ1v) is 4.18. The highest BCUT2D eigenvalue weighted by Gasteiger charge is 2.46. The average Bonchev–Trinajstić information content (AvgIpc) is 2.29. The summed E-state index contributed by atoms with van der Waals surface area (Å²) >= 11 is 6.08. The number of nitrogens with one attached hydrogen (secondary N) is 1. The van der Waals surface area contributed by atoms with Crippen LogP contribution < -0.4 is 5.43 Å². The third-order valence-corrected chi connectivity index (χ3v) is 2.87. The van der Waals surface area contributed by atoms with Crippen LogP contribution in [-0.2, 0) is 4.79 Å². The molecule has 0 bridgehead atoms. The third-order valence-electron chi connectivity index (χ3n) is 2.29. The lowest BCUT2D eigenvalue weighted by molar-refractivity contribution is -0.121. The zero-order chi connectivity index (χ0) is 7.90. The minimum atomic E-state index is -0.780. The van der Waals surface area contributed by atoms with Crippen LogP contribution >= 0.6 is 11.6 Å². The van der Waals surface area contributed by atoms with Gasteiger partial charge in [0.2, 0.25) is 0 Å². The Morgan fingerprint density at radius 2 is 2.36 bits per heavy atom. The second kappa shape index (κ2) is 2.21. The van der Waals surface area contributed by atoms with Crippen molar-refractivity contribution >= 4 is 23.2 Å². The molecule has 0 aromatic rings.